The van der Waals surface area contributed by atoms with Crippen LogP contribution in [0, 0.1) is 12.3 Å². The third kappa shape index (κ3) is 3.53. The van der Waals surface area contributed by atoms with Crippen LogP contribution in [0.3, 0.4) is 0 Å². The molecule has 2 rings (SSSR count). The molecule has 0 aliphatic heterocycles. The first-order valence-electron chi connectivity index (χ1n) is 6.95. The van der Waals surface area contributed by atoms with Gasteiger partial charge < -0.3 is 5.32 Å². The lowest BCUT2D eigenvalue weighted by atomic mass is 9.87. The number of allylic oxidation sites excluding steroid dienone is 2. The quantitative estimate of drug-likeness (QED) is 0.869. The number of nitrogens with one attached hydrogen (secondary N) is 1. The molecular formula is C16H21NO3S. The molecule has 5 heteroatoms. The number of hydrogen-bond acceptors (Lipinski definition) is 3. The summed E-state index contributed by atoms with van der Waals surface area (Å²) in [7, 11) is -3.24. The van der Waals surface area contributed by atoms with E-state index in [0.717, 1.165) is 24.0 Å². The van der Waals surface area contributed by atoms with Crippen LogP contribution in [0.1, 0.15) is 30.9 Å². The molecule has 0 bridgehead atoms. The average molecular weight is 307 g/mol. The van der Waals surface area contributed by atoms with Crippen molar-refractivity contribution in [1.82, 2.24) is 5.32 Å². The second kappa shape index (κ2) is 5.64. The van der Waals surface area contributed by atoms with E-state index in [4.69, 9.17) is 0 Å². The van der Waals surface area contributed by atoms with E-state index in [-0.39, 0.29) is 11.3 Å². The van der Waals surface area contributed by atoms with Gasteiger partial charge in [0.1, 0.15) is 0 Å². The Morgan fingerprint density at radius 2 is 1.90 bits per heavy atom. The number of benzene rings is 1. The van der Waals surface area contributed by atoms with Crippen LogP contribution in [0.15, 0.2) is 35.2 Å². The van der Waals surface area contributed by atoms with E-state index in [1.165, 1.54) is 6.26 Å². The van der Waals surface area contributed by atoms with Crippen LogP contribution in [0.4, 0.5) is 0 Å². The molecule has 21 heavy (non-hydrogen) atoms. The lowest BCUT2D eigenvalue weighted by molar-refractivity contribution is -0.129. The van der Waals surface area contributed by atoms with E-state index >= 15 is 0 Å². The third-order valence-electron chi connectivity index (χ3n) is 3.96. The molecule has 0 fully saturated rings. The number of sulfone groups is 1. The number of hydrogen-bond donors (Lipinski definition) is 1. The molecule has 114 valence electrons. The van der Waals surface area contributed by atoms with Crippen molar-refractivity contribution in [2.24, 2.45) is 5.41 Å². The van der Waals surface area contributed by atoms with Gasteiger partial charge in [0.05, 0.1) is 10.3 Å². The maximum atomic E-state index is 12.2. The maximum Gasteiger partial charge on any atom is 0.226 e. The van der Waals surface area contributed by atoms with E-state index in [1.807, 2.05) is 25.1 Å². The van der Waals surface area contributed by atoms with Gasteiger partial charge in [0, 0.05) is 12.8 Å². The molecule has 0 aromatic heterocycles. The molecule has 0 saturated heterocycles. The first-order valence-corrected chi connectivity index (χ1v) is 8.84. The molecule has 0 radical (unpaired) electrons. The van der Waals surface area contributed by atoms with Gasteiger partial charge in [0.25, 0.3) is 0 Å². The molecule has 1 aliphatic carbocycles. The van der Waals surface area contributed by atoms with Crippen molar-refractivity contribution in [3.8, 4) is 0 Å². The Kier molecular flexibility index (Phi) is 4.23. The largest absolute Gasteiger partial charge is 0.352 e. The van der Waals surface area contributed by atoms with Gasteiger partial charge in [-0.3, -0.25) is 4.79 Å². The van der Waals surface area contributed by atoms with Crippen molar-refractivity contribution >= 4 is 15.7 Å². The van der Waals surface area contributed by atoms with Crippen LogP contribution >= 0.6 is 0 Å². The zero-order valence-electron chi connectivity index (χ0n) is 12.6. The molecule has 0 atom stereocenters. The van der Waals surface area contributed by atoms with Gasteiger partial charge in [-0.15, -0.1) is 0 Å². The lowest BCUT2D eigenvalue weighted by Gasteiger charge is -2.22. The van der Waals surface area contributed by atoms with Gasteiger partial charge >= 0.3 is 0 Å². The van der Waals surface area contributed by atoms with Crippen molar-refractivity contribution in [1.29, 1.82) is 0 Å². The lowest BCUT2D eigenvalue weighted by Crippen LogP contribution is -2.36. The summed E-state index contributed by atoms with van der Waals surface area (Å²) in [6.07, 6.45) is 6.74. The van der Waals surface area contributed by atoms with Gasteiger partial charge in [-0.2, -0.15) is 0 Å². The fraction of sp³-hybridized carbons (Fsp3) is 0.438. The number of carbonyl (C=O) groups excluding carboxylic acids is 1. The highest BCUT2D eigenvalue weighted by Gasteiger charge is 2.33. The molecule has 0 saturated carbocycles. The summed E-state index contributed by atoms with van der Waals surface area (Å²) in [6.45, 7) is 4.06. The predicted octanol–water partition coefficient (Wildman–Crippen LogP) is 2.37. The van der Waals surface area contributed by atoms with Crippen LogP contribution in [-0.2, 0) is 21.2 Å². The Bertz CT molecular complexity index is 681. The highest BCUT2D eigenvalue weighted by atomic mass is 32.2. The standard InChI is InChI=1S/C16H21NO3S/c1-12-6-7-13(10-14(12)21(3,19)20)11-17-15(18)16(2)8-4-5-9-16/h4-7,10H,8-9,11H2,1-3H3,(H,17,18). The van der Waals surface area contributed by atoms with Crippen molar-refractivity contribution in [3.05, 3.63) is 41.5 Å². The van der Waals surface area contributed by atoms with Crippen LogP contribution in [-0.4, -0.2) is 20.6 Å². The number of amides is 1. The minimum absolute atomic E-state index is 0.00832. The van der Waals surface area contributed by atoms with E-state index < -0.39 is 9.84 Å². The number of aryl methyl sites for hydroxylation is 1. The molecular weight excluding hydrogens is 286 g/mol. The number of rotatable bonds is 4. The van der Waals surface area contributed by atoms with Gasteiger partial charge in [-0.25, -0.2) is 8.42 Å². The van der Waals surface area contributed by atoms with Crippen LogP contribution in [0.25, 0.3) is 0 Å². The molecule has 4 nitrogen and oxygen atoms in total. The Morgan fingerprint density at radius 1 is 1.29 bits per heavy atom. The predicted molar refractivity (Wildman–Crippen MR) is 82.6 cm³/mol. The van der Waals surface area contributed by atoms with Gasteiger partial charge in [-0.05, 0) is 37.0 Å². The fourth-order valence-electron chi connectivity index (χ4n) is 2.51. The molecule has 0 unspecified atom stereocenters. The summed E-state index contributed by atoms with van der Waals surface area (Å²) in [5, 5.41) is 2.91. The topological polar surface area (TPSA) is 63.2 Å². The summed E-state index contributed by atoms with van der Waals surface area (Å²) in [6, 6.07) is 5.26. The second-order valence-corrected chi connectivity index (χ2v) is 7.98. The summed E-state index contributed by atoms with van der Waals surface area (Å²) < 4.78 is 23.4. The van der Waals surface area contributed by atoms with Crippen molar-refractivity contribution in [3.63, 3.8) is 0 Å². The van der Waals surface area contributed by atoms with E-state index in [9.17, 15) is 13.2 Å². The zero-order valence-corrected chi connectivity index (χ0v) is 13.5. The van der Waals surface area contributed by atoms with Gasteiger partial charge in [-0.1, -0.05) is 31.2 Å². The molecule has 1 aromatic rings. The highest BCUT2D eigenvalue weighted by molar-refractivity contribution is 7.90. The summed E-state index contributed by atoms with van der Waals surface area (Å²) in [5.41, 5.74) is 1.15. The molecule has 1 aromatic carbocycles. The van der Waals surface area contributed by atoms with Crippen molar-refractivity contribution in [2.45, 2.75) is 38.1 Å². The van der Waals surface area contributed by atoms with Crippen LogP contribution < -0.4 is 5.32 Å². The van der Waals surface area contributed by atoms with E-state index in [0.29, 0.717) is 11.4 Å². The Hall–Kier alpha value is -1.62. The van der Waals surface area contributed by atoms with Gasteiger partial charge in [0.2, 0.25) is 5.91 Å². The Morgan fingerprint density at radius 3 is 2.48 bits per heavy atom. The first kappa shape index (κ1) is 15.8. The smallest absolute Gasteiger partial charge is 0.226 e. The molecule has 0 heterocycles. The van der Waals surface area contributed by atoms with E-state index in [1.54, 1.807) is 19.1 Å². The molecule has 0 spiro atoms. The third-order valence-corrected chi connectivity index (χ3v) is 5.20. The summed E-state index contributed by atoms with van der Waals surface area (Å²) in [4.78, 5) is 12.5. The summed E-state index contributed by atoms with van der Waals surface area (Å²) in [5.74, 6) is 0.00832. The minimum atomic E-state index is -3.24. The zero-order chi connectivity index (χ0) is 15.7. The van der Waals surface area contributed by atoms with Crippen molar-refractivity contribution in [2.75, 3.05) is 6.26 Å². The maximum absolute atomic E-state index is 12.2. The molecule has 1 aliphatic rings. The Balaban J connectivity index is 2.09. The van der Waals surface area contributed by atoms with Crippen LogP contribution in [0.5, 0.6) is 0 Å². The van der Waals surface area contributed by atoms with Gasteiger partial charge in [0.15, 0.2) is 9.84 Å². The molecule has 1 amide bonds. The second-order valence-electron chi connectivity index (χ2n) is 6.00. The van der Waals surface area contributed by atoms with E-state index in [2.05, 4.69) is 5.32 Å². The normalized spacial score (nSPS) is 16.9. The van der Waals surface area contributed by atoms with Crippen molar-refractivity contribution < 1.29 is 13.2 Å². The Labute approximate surface area is 126 Å². The highest BCUT2D eigenvalue weighted by Crippen LogP contribution is 2.32. The SMILES string of the molecule is Cc1ccc(CNC(=O)C2(C)CC=CC2)cc1S(C)(=O)=O. The summed E-state index contributed by atoms with van der Waals surface area (Å²) >= 11 is 0. The monoisotopic (exact) mass is 307 g/mol. The first-order chi connectivity index (χ1) is 9.72. The minimum Gasteiger partial charge on any atom is -0.352 e. The fourth-order valence-corrected chi connectivity index (χ4v) is 3.52. The molecule has 1 N–H and O–H groups in total. The van der Waals surface area contributed by atoms with Crippen LogP contribution in [0.2, 0.25) is 0 Å². The number of carbonyl (C=O) groups is 1. The average Bonchev–Trinajstić information content (AvgIpc) is 2.84.